The summed E-state index contributed by atoms with van der Waals surface area (Å²) in [7, 11) is 1.36. The number of Topliss-reactive ketones (excluding diaryl/α,β-unsaturated/α-hetero) is 1. The highest BCUT2D eigenvalue weighted by molar-refractivity contribution is 6.51. The largest absolute Gasteiger partial charge is 0.507 e. The molecule has 0 spiro atoms. The van der Waals surface area contributed by atoms with E-state index in [4.69, 9.17) is 16.3 Å². The molecule has 3 aromatic rings. The minimum atomic E-state index is -1.32. The van der Waals surface area contributed by atoms with Crippen molar-refractivity contribution in [2.45, 2.75) is 6.04 Å². The van der Waals surface area contributed by atoms with Crippen LogP contribution in [0.25, 0.3) is 5.76 Å². The Labute approximate surface area is 186 Å². The maximum absolute atomic E-state index is 14.6. The Hall–Kier alpha value is -3.78. The molecule has 9 heteroatoms. The third-order valence-electron chi connectivity index (χ3n) is 5.00. The van der Waals surface area contributed by atoms with Crippen LogP contribution >= 0.6 is 11.6 Å². The number of aliphatic hydroxyl groups is 1. The second-order valence-corrected chi connectivity index (χ2v) is 7.30. The molecule has 1 N–H and O–H groups in total. The summed E-state index contributed by atoms with van der Waals surface area (Å²) in [6.45, 7) is 0. The average Bonchev–Trinajstić information content (AvgIpc) is 3.06. The number of hydrogen-bond donors (Lipinski definition) is 1. The SMILES string of the molecule is COc1ccc(Cl)cc1/C(O)=C1\C(=O)C(=O)N(c2cc(F)ccc2F)C1c1ccccn1. The summed E-state index contributed by atoms with van der Waals surface area (Å²) < 4.78 is 33.8. The molecule has 0 saturated carbocycles. The summed E-state index contributed by atoms with van der Waals surface area (Å²) in [5, 5.41) is 11.4. The van der Waals surface area contributed by atoms with Gasteiger partial charge in [0.15, 0.2) is 0 Å². The molecule has 1 amide bonds. The molecule has 4 rings (SSSR count). The van der Waals surface area contributed by atoms with E-state index in [1.54, 1.807) is 12.1 Å². The Kier molecular flexibility index (Phi) is 5.63. The predicted octanol–water partition coefficient (Wildman–Crippen LogP) is 4.65. The van der Waals surface area contributed by atoms with Crippen molar-refractivity contribution in [2.24, 2.45) is 0 Å². The van der Waals surface area contributed by atoms with Crippen molar-refractivity contribution in [1.29, 1.82) is 0 Å². The fourth-order valence-electron chi connectivity index (χ4n) is 3.58. The van der Waals surface area contributed by atoms with Gasteiger partial charge < -0.3 is 9.84 Å². The molecule has 2 heterocycles. The molecule has 1 saturated heterocycles. The van der Waals surface area contributed by atoms with Crippen LogP contribution in [0.2, 0.25) is 5.02 Å². The molecule has 0 aliphatic carbocycles. The van der Waals surface area contributed by atoms with Gasteiger partial charge in [-0.3, -0.25) is 19.5 Å². The molecule has 1 fully saturated rings. The summed E-state index contributed by atoms with van der Waals surface area (Å²) in [5.74, 6) is -4.36. The van der Waals surface area contributed by atoms with Crippen molar-refractivity contribution in [3.63, 3.8) is 0 Å². The number of pyridine rings is 1. The first-order valence-corrected chi connectivity index (χ1v) is 9.72. The van der Waals surface area contributed by atoms with E-state index in [0.717, 1.165) is 23.1 Å². The quantitative estimate of drug-likeness (QED) is 0.351. The van der Waals surface area contributed by atoms with Gasteiger partial charge in [0.25, 0.3) is 11.7 Å². The molecular formula is C23H15ClF2N2O4. The number of rotatable bonds is 4. The van der Waals surface area contributed by atoms with Crippen LogP contribution in [-0.4, -0.2) is 28.9 Å². The number of halogens is 3. The van der Waals surface area contributed by atoms with E-state index < -0.39 is 40.8 Å². The lowest BCUT2D eigenvalue weighted by atomic mass is 9.97. The van der Waals surface area contributed by atoms with Gasteiger partial charge >= 0.3 is 0 Å². The van der Waals surface area contributed by atoms with Gasteiger partial charge in [0.2, 0.25) is 0 Å². The molecule has 6 nitrogen and oxygen atoms in total. The van der Waals surface area contributed by atoms with E-state index in [1.165, 1.54) is 37.6 Å². The predicted molar refractivity (Wildman–Crippen MR) is 113 cm³/mol. The maximum atomic E-state index is 14.6. The van der Waals surface area contributed by atoms with Crippen molar-refractivity contribution in [2.75, 3.05) is 12.0 Å². The molecule has 0 radical (unpaired) electrons. The van der Waals surface area contributed by atoms with Crippen LogP contribution in [0, 0.1) is 11.6 Å². The Morgan fingerprint density at radius 2 is 1.91 bits per heavy atom. The minimum absolute atomic E-state index is 0.0543. The number of amides is 1. The molecule has 2 aromatic carbocycles. The number of ketones is 1. The molecule has 162 valence electrons. The van der Waals surface area contributed by atoms with Gasteiger partial charge in [-0.05, 0) is 42.5 Å². The number of methoxy groups -OCH3 is 1. The summed E-state index contributed by atoms with van der Waals surface area (Å²) in [4.78, 5) is 31.0. The van der Waals surface area contributed by atoms with Crippen molar-refractivity contribution in [1.82, 2.24) is 4.98 Å². The smallest absolute Gasteiger partial charge is 0.300 e. The summed E-state index contributed by atoms with van der Waals surface area (Å²) in [6, 6.07) is 10.3. The van der Waals surface area contributed by atoms with Gasteiger partial charge in [-0.1, -0.05) is 17.7 Å². The number of nitrogens with zero attached hydrogens (tertiary/aromatic N) is 2. The standard InChI is InChI=1S/C23H15ClF2N2O4/c1-32-18-8-5-12(24)10-14(18)21(29)19-20(16-4-2-3-9-27-16)28(23(31)22(19)30)17-11-13(25)6-7-15(17)26/h2-11,20,29H,1H3/b21-19+. The maximum Gasteiger partial charge on any atom is 0.300 e. The molecule has 0 bridgehead atoms. The molecule has 1 atom stereocenters. The highest BCUT2D eigenvalue weighted by Gasteiger charge is 2.48. The van der Waals surface area contributed by atoms with E-state index >= 15 is 0 Å². The number of aromatic nitrogens is 1. The van der Waals surface area contributed by atoms with E-state index in [2.05, 4.69) is 4.98 Å². The van der Waals surface area contributed by atoms with Crippen molar-refractivity contribution < 1.29 is 28.2 Å². The first-order chi connectivity index (χ1) is 15.3. The topological polar surface area (TPSA) is 79.7 Å². The van der Waals surface area contributed by atoms with Gasteiger partial charge in [0.1, 0.15) is 29.2 Å². The van der Waals surface area contributed by atoms with Crippen LogP contribution in [0.4, 0.5) is 14.5 Å². The zero-order valence-corrected chi connectivity index (χ0v) is 17.3. The first kappa shape index (κ1) is 21.5. The van der Waals surface area contributed by atoms with Gasteiger partial charge in [0, 0.05) is 17.3 Å². The Morgan fingerprint density at radius 3 is 2.59 bits per heavy atom. The highest BCUT2D eigenvalue weighted by atomic mass is 35.5. The highest BCUT2D eigenvalue weighted by Crippen LogP contribution is 2.43. The minimum Gasteiger partial charge on any atom is -0.507 e. The third-order valence-corrected chi connectivity index (χ3v) is 5.23. The molecule has 32 heavy (non-hydrogen) atoms. The van der Waals surface area contributed by atoms with E-state index in [9.17, 15) is 23.5 Å². The summed E-state index contributed by atoms with van der Waals surface area (Å²) >= 11 is 6.05. The normalized spacial score (nSPS) is 17.6. The number of carbonyl (C=O) groups is 2. The molecule has 1 aliphatic rings. The number of benzene rings is 2. The fourth-order valence-corrected chi connectivity index (χ4v) is 3.75. The van der Waals surface area contributed by atoms with Gasteiger partial charge in [-0.25, -0.2) is 8.78 Å². The number of anilines is 1. The zero-order chi connectivity index (χ0) is 23.0. The van der Waals surface area contributed by atoms with Crippen molar-refractivity contribution in [3.05, 3.63) is 94.3 Å². The second kappa shape index (κ2) is 8.39. The number of hydrogen-bond acceptors (Lipinski definition) is 5. The molecule has 1 aromatic heterocycles. The number of ether oxygens (including phenoxy) is 1. The number of aliphatic hydroxyl groups excluding tert-OH is 1. The third kappa shape index (κ3) is 3.58. The van der Waals surface area contributed by atoms with Crippen LogP contribution in [0.3, 0.4) is 0 Å². The van der Waals surface area contributed by atoms with Crippen LogP contribution in [0.5, 0.6) is 5.75 Å². The Morgan fingerprint density at radius 1 is 1.12 bits per heavy atom. The van der Waals surface area contributed by atoms with Gasteiger partial charge in [-0.2, -0.15) is 0 Å². The van der Waals surface area contributed by atoms with Gasteiger partial charge in [0.05, 0.1) is 29.6 Å². The second-order valence-electron chi connectivity index (χ2n) is 6.86. The molecular weight excluding hydrogens is 442 g/mol. The van der Waals surface area contributed by atoms with Crippen molar-refractivity contribution in [3.8, 4) is 5.75 Å². The Bertz CT molecular complexity index is 1260. The van der Waals surface area contributed by atoms with Crippen molar-refractivity contribution >= 4 is 34.7 Å². The van der Waals surface area contributed by atoms with E-state index in [0.29, 0.717) is 0 Å². The van der Waals surface area contributed by atoms with E-state index in [-0.39, 0.29) is 27.6 Å². The fraction of sp³-hybridized carbons (Fsp3) is 0.0870. The molecule has 1 aliphatic heterocycles. The lowest BCUT2D eigenvalue weighted by Gasteiger charge is -2.25. The monoisotopic (exact) mass is 456 g/mol. The van der Waals surface area contributed by atoms with Crippen LogP contribution in [0.1, 0.15) is 17.3 Å². The van der Waals surface area contributed by atoms with Crippen LogP contribution < -0.4 is 9.64 Å². The average molecular weight is 457 g/mol. The first-order valence-electron chi connectivity index (χ1n) is 9.34. The van der Waals surface area contributed by atoms with E-state index in [1.807, 2.05) is 0 Å². The lowest BCUT2D eigenvalue weighted by Crippen LogP contribution is -2.30. The Balaban J connectivity index is 2.01. The lowest BCUT2D eigenvalue weighted by molar-refractivity contribution is -0.132. The zero-order valence-electron chi connectivity index (χ0n) is 16.6. The summed E-state index contributed by atoms with van der Waals surface area (Å²) in [6.07, 6.45) is 1.41. The number of carbonyl (C=O) groups excluding carboxylic acids is 2. The summed E-state index contributed by atoms with van der Waals surface area (Å²) in [5.41, 5.74) is -0.602. The van der Waals surface area contributed by atoms with Crippen LogP contribution in [0.15, 0.2) is 66.4 Å². The van der Waals surface area contributed by atoms with Gasteiger partial charge in [-0.15, -0.1) is 0 Å². The molecule has 1 unspecified atom stereocenters. The van der Waals surface area contributed by atoms with Crippen LogP contribution in [-0.2, 0) is 9.59 Å².